The number of hydrogen-bond donors (Lipinski definition) is 2. The molecule has 0 unspecified atom stereocenters. The molecule has 6 heteroatoms. The maximum absolute atomic E-state index is 11.4. The van der Waals surface area contributed by atoms with Crippen molar-refractivity contribution in [2.45, 2.75) is 25.7 Å². The summed E-state index contributed by atoms with van der Waals surface area (Å²) in [5.41, 5.74) is 5.75. The number of aryl methyl sites for hydroxylation is 2. The summed E-state index contributed by atoms with van der Waals surface area (Å²) in [4.78, 5) is 22.0. The third-order valence-electron chi connectivity index (χ3n) is 5.55. The zero-order valence-corrected chi connectivity index (χ0v) is 16.6. The second kappa shape index (κ2) is 7.91. The predicted molar refractivity (Wildman–Crippen MR) is 114 cm³/mol. The summed E-state index contributed by atoms with van der Waals surface area (Å²) < 4.78 is 0. The molecular formula is C23H24N4O2. The highest BCUT2D eigenvalue weighted by Gasteiger charge is 2.24. The molecule has 2 heterocycles. The Kier molecular flexibility index (Phi) is 5.16. The van der Waals surface area contributed by atoms with E-state index < -0.39 is 5.97 Å². The molecule has 1 aliphatic carbocycles. The highest BCUT2D eigenvalue weighted by atomic mass is 16.4. The molecule has 1 aliphatic rings. The number of fused-ring (bicyclic) bond motifs is 1. The maximum atomic E-state index is 11.4. The van der Waals surface area contributed by atoms with Gasteiger partial charge in [-0.2, -0.15) is 0 Å². The van der Waals surface area contributed by atoms with Crippen LogP contribution in [0.4, 0.5) is 17.2 Å². The number of hydrogen-bond acceptors (Lipinski definition) is 5. The molecule has 1 atom stereocenters. The lowest BCUT2D eigenvalue weighted by Crippen LogP contribution is -2.14. The van der Waals surface area contributed by atoms with Crippen LogP contribution in [0.15, 0.2) is 55.0 Å². The minimum Gasteiger partial charge on any atom is -0.478 e. The Hall–Kier alpha value is -3.41. The Morgan fingerprint density at radius 1 is 1.24 bits per heavy atom. The number of carboxylic acids is 1. The van der Waals surface area contributed by atoms with Crippen molar-refractivity contribution in [3.8, 4) is 0 Å². The van der Waals surface area contributed by atoms with Gasteiger partial charge in [0.05, 0.1) is 17.4 Å². The third-order valence-corrected chi connectivity index (χ3v) is 5.55. The minimum atomic E-state index is -0.945. The quantitative estimate of drug-likeness (QED) is 0.652. The molecule has 4 rings (SSSR count). The normalized spacial score (nSPS) is 15.0. The van der Waals surface area contributed by atoms with E-state index in [0.717, 1.165) is 29.9 Å². The topological polar surface area (TPSA) is 78.4 Å². The number of nitrogens with one attached hydrogen (secondary N) is 1. The Labute approximate surface area is 170 Å². The largest absolute Gasteiger partial charge is 0.478 e. The molecule has 3 aromatic rings. The molecule has 0 aliphatic heterocycles. The van der Waals surface area contributed by atoms with Gasteiger partial charge in [0.2, 0.25) is 0 Å². The highest BCUT2D eigenvalue weighted by molar-refractivity contribution is 5.93. The number of pyridine rings is 2. The van der Waals surface area contributed by atoms with Crippen LogP contribution in [0.5, 0.6) is 0 Å². The van der Waals surface area contributed by atoms with E-state index in [2.05, 4.69) is 44.5 Å². The molecule has 29 heavy (non-hydrogen) atoms. The van der Waals surface area contributed by atoms with Crippen molar-refractivity contribution in [1.82, 2.24) is 9.97 Å². The molecular weight excluding hydrogens is 364 g/mol. The summed E-state index contributed by atoms with van der Waals surface area (Å²) in [5.74, 6) is 0.326. The summed E-state index contributed by atoms with van der Waals surface area (Å²) in [6, 6.07) is 12.2. The zero-order chi connectivity index (χ0) is 20.4. The van der Waals surface area contributed by atoms with E-state index in [-0.39, 0.29) is 5.56 Å². The van der Waals surface area contributed by atoms with Gasteiger partial charge in [0, 0.05) is 37.6 Å². The molecule has 0 amide bonds. The number of anilines is 3. The number of carbonyl (C=O) groups is 1. The zero-order valence-electron chi connectivity index (χ0n) is 16.6. The van der Waals surface area contributed by atoms with Crippen molar-refractivity contribution in [1.29, 1.82) is 0 Å². The lowest BCUT2D eigenvalue weighted by atomic mass is 10.0. The number of carboxylic acid groups (broad SMARTS) is 1. The van der Waals surface area contributed by atoms with Crippen LogP contribution in [0.3, 0.4) is 0 Å². The van der Waals surface area contributed by atoms with Gasteiger partial charge < -0.3 is 15.3 Å². The maximum Gasteiger partial charge on any atom is 0.337 e. The molecule has 0 radical (unpaired) electrons. The first-order valence-corrected chi connectivity index (χ1v) is 9.73. The molecule has 0 fully saturated rings. The average molecular weight is 388 g/mol. The minimum absolute atomic E-state index is 0.251. The number of rotatable bonds is 6. The Morgan fingerprint density at radius 3 is 2.86 bits per heavy atom. The summed E-state index contributed by atoms with van der Waals surface area (Å²) >= 11 is 0. The Balaban J connectivity index is 1.49. The second-order valence-corrected chi connectivity index (χ2v) is 7.48. The summed E-state index contributed by atoms with van der Waals surface area (Å²) in [6.45, 7) is 2.72. The van der Waals surface area contributed by atoms with Crippen LogP contribution in [-0.4, -0.2) is 34.6 Å². The van der Waals surface area contributed by atoms with Gasteiger partial charge in [0.25, 0.3) is 0 Å². The number of nitrogens with zero attached hydrogens (tertiary/aromatic N) is 3. The molecule has 1 aromatic carbocycles. The van der Waals surface area contributed by atoms with Crippen molar-refractivity contribution in [3.05, 3.63) is 77.2 Å². The molecule has 0 bridgehead atoms. The Bertz CT molecular complexity index is 1030. The van der Waals surface area contributed by atoms with Crippen molar-refractivity contribution in [2.75, 3.05) is 23.8 Å². The van der Waals surface area contributed by atoms with Crippen LogP contribution >= 0.6 is 0 Å². The predicted octanol–water partition coefficient (Wildman–Crippen LogP) is 4.39. The first-order valence-electron chi connectivity index (χ1n) is 9.73. The van der Waals surface area contributed by atoms with Crippen LogP contribution in [0.25, 0.3) is 0 Å². The molecule has 148 valence electrons. The Morgan fingerprint density at radius 2 is 2.10 bits per heavy atom. The van der Waals surface area contributed by atoms with Gasteiger partial charge >= 0.3 is 5.97 Å². The van der Waals surface area contributed by atoms with Gasteiger partial charge in [-0.15, -0.1) is 0 Å². The van der Waals surface area contributed by atoms with Crippen molar-refractivity contribution < 1.29 is 9.90 Å². The number of aromatic nitrogens is 2. The van der Waals surface area contributed by atoms with E-state index in [9.17, 15) is 9.90 Å². The molecule has 2 aromatic heterocycles. The van der Waals surface area contributed by atoms with Gasteiger partial charge in [0.15, 0.2) is 0 Å². The van der Waals surface area contributed by atoms with E-state index in [1.165, 1.54) is 23.4 Å². The number of benzene rings is 1. The van der Waals surface area contributed by atoms with E-state index >= 15 is 0 Å². The van der Waals surface area contributed by atoms with Gasteiger partial charge in [-0.25, -0.2) is 9.78 Å². The second-order valence-electron chi connectivity index (χ2n) is 7.48. The fourth-order valence-corrected chi connectivity index (χ4v) is 3.86. The van der Waals surface area contributed by atoms with Gasteiger partial charge in [0.1, 0.15) is 5.82 Å². The monoisotopic (exact) mass is 388 g/mol. The van der Waals surface area contributed by atoms with Crippen LogP contribution in [0, 0.1) is 6.92 Å². The number of aromatic carboxylic acids is 1. The molecule has 0 spiro atoms. The van der Waals surface area contributed by atoms with E-state index in [1.807, 2.05) is 26.2 Å². The fourth-order valence-electron chi connectivity index (χ4n) is 3.86. The van der Waals surface area contributed by atoms with Gasteiger partial charge in [-0.05, 0) is 60.7 Å². The van der Waals surface area contributed by atoms with E-state index in [1.54, 1.807) is 6.20 Å². The standard InChI is InChI=1S/C23H24N4O2/c1-15-3-8-22(26-12-15)27(2)18-6-7-19-16(11-18)4-5-17(19)13-25-21-14-24-10-9-20(21)23(28)29/h3,6-12,14,17,25H,4-5,13H2,1-2H3,(H,28,29)/t17-/m0/s1. The van der Waals surface area contributed by atoms with Crippen LogP contribution in [-0.2, 0) is 6.42 Å². The SMILES string of the molecule is Cc1ccc(N(C)c2ccc3c(c2)CC[C@H]3CNc2cnccc2C(=O)O)nc1. The lowest BCUT2D eigenvalue weighted by molar-refractivity contribution is 0.0698. The van der Waals surface area contributed by atoms with E-state index in [0.29, 0.717) is 18.2 Å². The molecule has 0 saturated heterocycles. The fraction of sp³-hybridized carbons (Fsp3) is 0.261. The van der Waals surface area contributed by atoms with Gasteiger partial charge in [-0.3, -0.25) is 4.98 Å². The summed E-state index contributed by atoms with van der Waals surface area (Å²) in [5, 5.41) is 12.6. The van der Waals surface area contributed by atoms with Crippen LogP contribution in [0.2, 0.25) is 0 Å². The lowest BCUT2D eigenvalue weighted by Gasteiger charge is -2.20. The summed E-state index contributed by atoms with van der Waals surface area (Å²) in [6.07, 6.45) is 7.02. The van der Waals surface area contributed by atoms with Crippen molar-refractivity contribution >= 4 is 23.2 Å². The first-order chi connectivity index (χ1) is 14.0. The molecule has 6 nitrogen and oxygen atoms in total. The van der Waals surface area contributed by atoms with Gasteiger partial charge in [-0.1, -0.05) is 12.1 Å². The smallest absolute Gasteiger partial charge is 0.337 e. The molecule has 0 saturated carbocycles. The van der Waals surface area contributed by atoms with Crippen LogP contribution < -0.4 is 10.2 Å². The highest BCUT2D eigenvalue weighted by Crippen LogP contribution is 2.36. The van der Waals surface area contributed by atoms with Crippen molar-refractivity contribution in [2.24, 2.45) is 0 Å². The summed E-state index contributed by atoms with van der Waals surface area (Å²) in [7, 11) is 2.03. The first kappa shape index (κ1) is 18.9. The third kappa shape index (κ3) is 3.92. The van der Waals surface area contributed by atoms with E-state index in [4.69, 9.17) is 0 Å². The van der Waals surface area contributed by atoms with Crippen LogP contribution in [0.1, 0.15) is 39.4 Å². The molecule has 2 N–H and O–H groups in total. The van der Waals surface area contributed by atoms with Crippen molar-refractivity contribution in [3.63, 3.8) is 0 Å². The average Bonchev–Trinajstić information content (AvgIpc) is 3.14.